The van der Waals surface area contributed by atoms with E-state index < -0.39 is 0 Å². The molecular weight excluding hydrogens is 180 g/mol. The van der Waals surface area contributed by atoms with Gasteiger partial charge in [0.2, 0.25) is 0 Å². The van der Waals surface area contributed by atoms with Gasteiger partial charge in [0.05, 0.1) is 0 Å². The topological polar surface area (TPSA) is 0 Å². The fourth-order valence-corrected chi connectivity index (χ4v) is 0.976. The van der Waals surface area contributed by atoms with E-state index in [4.69, 9.17) is 0 Å². The van der Waals surface area contributed by atoms with E-state index in [2.05, 4.69) is 50.0 Å². The molecule has 0 saturated carbocycles. The summed E-state index contributed by atoms with van der Waals surface area (Å²) >= 11 is 0. The molecule has 0 fully saturated rings. The minimum atomic E-state index is 0.960. The van der Waals surface area contributed by atoms with Crippen LogP contribution in [-0.2, 0) is 0 Å². The fourth-order valence-electron chi connectivity index (χ4n) is 0.976. The molecule has 0 amide bonds. The Morgan fingerprint density at radius 3 is 2.13 bits per heavy atom. The summed E-state index contributed by atoms with van der Waals surface area (Å²) < 4.78 is 0. The third-order valence-electron chi connectivity index (χ3n) is 1.77. The van der Waals surface area contributed by atoms with Gasteiger partial charge in [0.1, 0.15) is 0 Å². The van der Waals surface area contributed by atoms with E-state index in [1.165, 1.54) is 6.42 Å². The summed E-state index contributed by atoms with van der Waals surface area (Å²) in [7, 11) is 0. The maximum atomic E-state index is 3.79. The van der Waals surface area contributed by atoms with Crippen molar-refractivity contribution in [2.24, 2.45) is 0 Å². The minimum absolute atomic E-state index is 0.960. The molecule has 0 heterocycles. The Morgan fingerprint density at radius 2 is 1.47 bits per heavy atom. The predicted octanol–water partition coefficient (Wildman–Crippen LogP) is 4.79. The van der Waals surface area contributed by atoms with Crippen molar-refractivity contribution in [2.75, 3.05) is 0 Å². The third kappa shape index (κ3) is 12.7. The van der Waals surface area contributed by atoms with Gasteiger partial charge in [-0.3, -0.25) is 0 Å². The molecule has 0 bridgehead atoms. The molecule has 0 N–H and O–H groups in total. The quantitative estimate of drug-likeness (QED) is 0.391. The lowest BCUT2D eigenvalue weighted by Crippen LogP contribution is -1.65. The van der Waals surface area contributed by atoms with Gasteiger partial charge in [-0.25, -0.2) is 0 Å². The van der Waals surface area contributed by atoms with E-state index in [9.17, 15) is 0 Å². The lowest BCUT2D eigenvalue weighted by Gasteiger charge is -1.85. The zero-order valence-electron chi connectivity index (χ0n) is 9.44. The Labute approximate surface area is 94.4 Å². The molecule has 0 aliphatic carbocycles. The van der Waals surface area contributed by atoms with E-state index in [-0.39, 0.29) is 0 Å². The highest BCUT2D eigenvalue weighted by Gasteiger charge is 1.74. The Morgan fingerprint density at radius 1 is 0.800 bits per heavy atom. The number of hydrogen-bond donors (Lipinski definition) is 0. The molecule has 0 nitrogen and oxygen atoms in total. The van der Waals surface area contributed by atoms with Gasteiger partial charge in [-0.05, 0) is 19.3 Å². The number of rotatable bonds is 8. The van der Waals surface area contributed by atoms with Crippen LogP contribution in [0, 0.1) is 6.92 Å². The summed E-state index contributed by atoms with van der Waals surface area (Å²) in [6, 6.07) is 0. The summed E-state index contributed by atoms with van der Waals surface area (Å²) in [4.78, 5) is 0. The molecule has 0 aromatic heterocycles. The third-order valence-corrected chi connectivity index (χ3v) is 1.77. The zero-order valence-corrected chi connectivity index (χ0v) is 9.44. The van der Waals surface area contributed by atoms with Crippen LogP contribution in [0.3, 0.4) is 0 Å². The maximum absolute atomic E-state index is 3.79. The van der Waals surface area contributed by atoms with Crippen LogP contribution in [0.15, 0.2) is 61.3 Å². The summed E-state index contributed by atoms with van der Waals surface area (Å²) in [6.45, 7) is 7.40. The molecule has 1 radical (unpaired) electrons. The molecule has 0 rings (SSSR count). The average Bonchev–Trinajstić information content (AvgIpc) is 2.26. The Kier molecular flexibility index (Phi) is 11.6. The van der Waals surface area contributed by atoms with Gasteiger partial charge < -0.3 is 0 Å². The second-order valence-corrected chi connectivity index (χ2v) is 3.14. The first kappa shape index (κ1) is 13.7. The van der Waals surface area contributed by atoms with Crippen molar-refractivity contribution >= 4 is 0 Å². The van der Waals surface area contributed by atoms with E-state index in [0.717, 1.165) is 19.3 Å². The largest absolute Gasteiger partial charge is 0.0991 e. The van der Waals surface area contributed by atoms with Crippen molar-refractivity contribution in [3.63, 3.8) is 0 Å². The molecule has 0 aromatic rings. The van der Waals surface area contributed by atoms with Crippen LogP contribution >= 0.6 is 0 Å². The number of unbranched alkanes of at least 4 members (excludes halogenated alkanes) is 2. The first-order valence-electron chi connectivity index (χ1n) is 5.47. The van der Waals surface area contributed by atoms with Gasteiger partial charge in [-0.15, -0.1) is 0 Å². The molecule has 0 spiro atoms. The summed E-state index contributed by atoms with van der Waals surface area (Å²) in [6.07, 6.45) is 22.6. The highest BCUT2D eigenvalue weighted by molar-refractivity contribution is 5.12. The average molecular weight is 201 g/mol. The lowest BCUT2D eigenvalue weighted by atomic mass is 10.2. The summed E-state index contributed by atoms with van der Waals surface area (Å²) in [5.41, 5.74) is 0. The van der Waals surface area contributed by atoms with E-state index >= 15 is 0 Å². The van der Waals surface area contributed by atoms with E-state index in [1.807, 2.05) is 12.2 Å². The predicted molar refractivity (Wildman–Crippen MR) is 70.6 cm³/mol. The molecule has 0 heteroatoms. The smallest absolute Gasteiger partial charge is 0.0163 e. The minimum Gasteiger partial charge on any atom is -0.0991 e. The van der Waals surface area contributed by atoms with Crippen LogP contribution in [0.5, 0.6) is 0 Å². The highest BCUT2D eigenvalue weighted by atomic mass is 13.8. The van der Waals surface area contributed by atoms with Crippen LogP contribution in [-0.4, -0.2) is 0 Å². The van der Waals surface area contributed by atoms with Crippen LogP contribution < -0.4 is 0 Å². The number of hydrogen-bond acceptors (Lipinski definition) is 0. The monoisotopic (exact) mass is 201 g/mol. The SMILES string of the molecule is [CH2]CCC/C=C/C=C/C=C/C/C=C/C=C. The molecule has 0 aliphatic heterocycles. The van der Waals surface area contributed by atoms with Gasteiger partial charge >= 0.3 is 0 Å². The molecule has 0 saturated heterocycles. The van der Waals surface area contributed by atoms with Gasteiger partial charge in [-0.2, -0.15) is 0 Å². The van der Waals surface area contributed by atoms with Crippen LogP contribution in [0.2, 0.25) is 0 Å². The van der Waals surface area contributed by atoms with Gasteiger partial charge in [0.15, 0.2) is 0 Å². The summed E-state index contributed by atoms with van der Waals surface area (Å²) in [5.74, 6) is 0. The normalized spacial score (nSPS) is 12.6. The molecule has 0 unspecified atom stereocenters. The second-order valence-electron chi connectivity index (χ2n) is 3.14. The Hall–Kier alpha value is -1.30. The second kappa shape index (κ2) is 12.7. The lowest BCUT2D eigenvalue weighted by molar-refractivity contribution is 0.866. The first-order chi connectivity index (χ1) is 7.41. The van der Waals surface area contributed by atoms with Crippen molar-refractivity contribution < 1.29 is 0 Å². The summed E-state index contributed by atoms with van der Waals surface area (Å²) in [5, 5.41) is 0. The van der Waals surface area contributed by atoms with Crippen LogP contribution in [0.1, 0.15) is 25.7 Å². The maximum Gasteiger partial charge on any atom is -0.0163 e. The van der Waals surface area contributed by atoms with E-state index in [1.54, 1.807) is 6.08 Å². The van der Waals surface area contributed by atoms with Gasteiger partial charge in [-0.1, -0.05) is 74.6 Å². The number of allylic oxidation sites excluding steroid dienone is 9. The van der Waals surface area contributed by atoms with Gasteiger partial charge in [0, 0.05) is 0 Å². The van der Waals surface area contributed by atoms with Crippen molar-refractivity contribution in [1.29, 1.82) is 0 Å². The molecule has 0 aliphatic rings. The Bertz CT molecular complexity index is 239. The van der Waals surface area contributed by atoms with Crippen molar-refractivity contribution in [3.05, 3.63) is 68.2 Å². The fraction of sp³-hybridized carbons (Fsp3) is 0.267. The first-order valence-corrected chi connectivity index (χ1v) is 5.47. The highest BCUT2D eigenvalue weighted by Crippen LogP contribution is 1.94. The molecule has 15 heavy (non-hydrogen) atoms. The molecule has 0 atom stereocenters. The molecular formula is C15H21. The molecule has 81 valence electrons. The van der Waals surface area contributed by atoms with Gasteiger partial charge in [0.25, 0.3) is 0 Å². The van der Waals surface area contributed by atoms with Crippen molar-refractivity contribution in [1.82, 2.24) is 0 Å². The van der Waals surface area contributed by atoms with E-state index in [0.29, 0.717) is 0 Å². The van der Waals surface area contributed by atoms with Crippen LogP contribution in [0.25, 0.3) is 0 Å². The Balaban J connectivity index is 3.48. The van der Waals surface area contributed by atoms with Crippen LogP contribution in [0.4, 0.5) is 0 Å². The molecule has 0 aromatic carbocycles. The zero-order chi connectivity index (χ0) is 11.2. The standard InChI is InChI=1S/C15H21/c1-3-5-7-9-11-13-15-14-12-10-8-6-4-2/h3,5,7,10-15H,1-2,4,6,8-9H2/b7-5+,12-10+,13-11+,15-14+. The van der Waals surface area contributed by atoms with Crippen molar-refractivity contribution in [3.8, 4) is 0 Å². The van der Waals surface area contributed by atoms with Crippen molar-refractivity contribution in [2.45, 2.75) is 25.7 Å².